The van der Waals surface area contributed by atoms with Crippen molar-refractivity contribution in [1.29, 1.82) is 0 Å². The zero-order valence-electron chi connectivity index (χ0n) is 33.7. The molecule has 8 rings (SSSR count). The number of rotatable bonds is 6. The molecule has 0 aliphatic carbocycles. The van der Waals surface area contributed by atoms with Crippen LogP contribution in [0.15, 0.2) is 146 Å². The van der Waals surface area contributed by atoms with E-state index in [1.54, 1.807) is 0 Å². The molecular weight excluding hydrogens is 667 g/mol. The maximum Gasteiger partial charge on any atom is 0.145 e. The van der Waals surface area contributed by atoms with E-state index in [9.17, 15) is 0 Å². The molecule has 0 aliphatic heterocycles. The van der Waals surface area contributed by atoms with Gasteiger partial charge in [-0.1, -0.05) is 143 Å². The molecule has 3 heteroatoms. The molecule has 274 valence electrons. The van der Waals surface area contributed by atoms with Gasteiger partial charge in [-0.25, -0.2) is 4.98 Å². The Morgan fingerprint density at radius 3 is 1.27 bits per heavy atom. The minimum absolute atomic E-state index is 0.0664. The molecule has 1 heterocycles. The van der Waals surface area contributed by atoms with Gasteiger partial charge in [0.15, 0.2) is 0 Å². The molecule has 1 aromatic heterocycles. The summed E-state index contributed by atoms with van der Waals surface area (Å²) in [7, 11) is 0. The number of aromatic nitrogens is 1. The van der Waals surface area contributed by atoms with Crippen molar-refractivity contribution in [3.63, 3.8) is 0 Å². The summed E-state index contributed by atoms with van der Waals surface area (Å²) in [6.07, 6.45) is 1.95. The largest absolute Gasteiger partial charge is 0.309 e. The molecule has 0 saturated carbocycles. The highest BCUT2D eigenvalue weighted by molar-refractivity contribution is 6.24. The Morgan fingerprint density at radius 2 is 0.818 bits per heavy atom. The van der Waals surface area contributed by atoms with Crippen LogP contribution >= 0.6 is 0 Å². The van der Waals surface area contributed by atoms with E-state index in [1.807, 2.05) is 6.20 Å². The van der Waals surface area contributed by atoms with Gasteiger partial charge in [-0.15, -0.1) is 0 Å². The van der Waals surface area contributed by atoms with Crippen LogP contribution in [0.5, 0.6) is 0 Å². The van der Waals surface area contributed by atoms with Crippen LogP contribution in [0.4, 0.5) is 34.3 Å². The molecule has 0 atom stereocenters. The summed E-state index contributed by atoms with van der Waals surface area (Å²) in [6, 6.07) is 51.9. The van der Waals surface area contributed by atoms with Crippen LogP contribution in [0, 0.1) is 20.8 Å². The molecule has 0 unspecified atom stereocenters. The maximum atomic E-state index is 5.21. The van der Waals surface area contributed by atoms with Crippen LogP contribution in [0.2, 0.25) is 0 Å². The van der Waals surface area contributed by atoms with Gasteiger partial charge in [0.1, 0.15) is 5.82 Å². The smallest absolute Gasteiger partial charge is 0.145 e. The van der Waals surface area contributed by atoms with Crippen LogP contribution < -0.4 is 9.80 Å². The van der Waals surface area contributed by atoms with E-state index in [2.05, 4.69) is 212 Å². The number of hydrogen-bond acceptors (Lipinski definition) is 3. The minimum atomic E-state index is -0.0728. The summed E-state index contributed by atoms with van der Waals surface area (Å²) in [5.41, 5.74) is 11.7. The van der Waals surface area contributed by atoms with Gasteiger partial charge in [0.05, 0.1) is 11.4 Å². The van der Waals surface area contributed by atoms with Crippen molar-refractivity contribution in [1.82, 2.24) is 4.98 Å². The zero-order valence-corrected chi connectivity index (χ0v) is 33.7. The van der Waals surface area contributed by atoms with Crippen LogP contribution in [-0.4, -0.2) is 4.98 Å². The Morgan fingerprint density at radius 1 is 0.400 bits per heavy atom. The van der Waals surface area contributed by atoms with E-state index in [0.717, 1.165) is 39.3 Å². The van der Waals surface area contributed by atoms with Crippen LogP contribution in [0.1, 0.15) is 69.4 Å². The first kappa shape index (κ1) is 36.1. The number of pyridine rings is 1. The third-order valence-electron chi connectivity index (χ3n) is 11.0. The molecule has 8 aromatic rings. The van der Waals surface area contributed by atoms with Gasteiger partial charge in [0.2, 0.25) is 0 Å². The lowest BCUT2D eigenvalue weighted by atomic mass is 9.82. The van der Waals surface area contributed by atoms with Crippen LogP contribution in [-0.2, 0) is 10.8 Å². The second-order valence-electron chi connectivity index (χ2n) is 17.3. The van der Waals surface area contributed by atoms with Crippen molar-refractivity contribution in [3.05, 3.63) is 174 Å². The summed E-state index contributed by atoms with van der Waals surface area (Å²) >= 11 is 0. The molecular formula is C52H51N3. The molecule has 0 N–H and O–H groups in total. The number of benzene rings is 7. The molecule has 7 aromatic carbocycles. The van der Waals surface area contributed by atoms with Gasteiger partial charge in [0, 0.05) is 50.2 Å². The maximum absolute atomic E-state index is 5.21. The van der Waals surface area contributed by atoms with E-state index in [4.69, 9.17) is 4.98 Å². The van der Waals surface area contributed by atoms with E-state index >= 15 is 0 Å². The van der Waals surface area contributed by atoms with E-state index < -0.39 is 0 Å². The number of anilines is 6. The first-order chi connectivity index (χ1) is 26.3. The first-order valence-electron chi connectivity index (χ1n) is 19.5. The molecule has 0 aliphatic rings. The number of nitrogens with zero attached hydrogens (tertiary/aromatic N) is 3. The van der Waals surface area contributed by atoms with Gasteiger partial charge in [-0.05, 0) is 103 Å². The van der Waals surface area contributed by atoms with Gasteiger partial charge in [-0.2, -0.15) is 0 Å². The Hall–Kier alpha value is -5.93. The predicted octanol–water partition coefficient (Wildman–Crippen LogP) is 15.0. The molecule has 0 spiro atoms. The Kier molecular flexibility index (Phi) is 9.00. The van der Waals surface area contributed by atoms with Gasteiger partial charge in [-0.3, -0.25) is 4.90 Å². The van der Waals surface area contributed by atoms with Gasteiger partial charge < -0.3 is 4.90 Å². The van der Waals surface area contributed by atoms with Crippen molar-refractivity contribution in [2.24, 2.45) is 0 Å². The van der Waals surface area contributed by atoms with E-state index in [1.165, 1.54) is 55.0 Å². The summed E-state index contributed by atoms with van der Waals surface area (Å²) < 4.78 is 0. The Bertz CT molecular complexity index is 2620. The SMILES string of the molecule is Cc1ccc(N(c2ccc(C)cc2)c2c3cc(C(C)(C)C)ccc3c(N(c3ccc(C)cc3)c3nccc4ccccc34)c3cc(C(C)(C)C)ccc23)cc1. The molecule has 55 heavy (non-hydrogen) atoms. The average Bonchev–Trinajstić information content (AvgIpc) is 3.16. The number of fused-ring (bicyclic) bond motifs is 3. The van der Waals surface area contributed by atoms with Crippen molar-refractivity contribution in [2.45, 2.75) is 73.1 Å². The lowest BCUT2D eigenvalue weighted by Gasteiger charge is -2.34. The highest BCUT2D eigenvalue weighted by Crippen LogP contribution is 2.52. The second kappa shape index (κ2) is 13.7. The summed E-state index contributed by atoms with van der Waals surface area (Å²) in [6.45, 7) is 20.3. The zero-order chi connectivity index (χ0) is 38.6. The lowest BCUT2D eigenvalue weighted by Crippen LogP contribution is -2.17. The molecule has 0 saturated heterocycles. The highest BCUT2D eigenvalue weighted by atomic mass is 15.2. The predicted molar refractivity (Wildman–Crippen MR) is 238 cm³/mol. The van der Waals surface area contributed by atoms with E-state index in [-0.39, 0.29) is 10.8 Å². The monoisotopic (exact) mass is 717 g/mol. The average molecular weight is 718 g/mol. The molecule has 0 bridgehead atoms. The fraction of sp³-hybridized carbons (Fsp3) is 0.212. The standard InChI is InChI=1S/C52H51N3/c1-34-14-22-40(23-15-34)54(41-24-16-35(2)17-25-41)48-44-28-20-39(52(7,8)9)33-47(44)49(45-29-21-38(32-46(45)48)51(4,5)6)55(42-26-18-36(3)19-27-42)50-43-13-11-10-12-37(43)30-31-53-50/h10-33H,1-9H3. The topological polar surface area (TPSA) is 19.4 Å². The first-order valence-corrected chi connectivity index (χ1v) is 19.5. The summed E-state index contributed by atoms with van der Waals surface area (Å²) in [5, 5.41) is 6.98. The van der Waals surface area contributed by atoms with Crippen molar-refractivity contribution >= 4 is 66.6 Å². The number of aryl methyl sites for hydroxylation is 3. The molecule has 0 radical (unpaired) electrons. The lowest BCUT2D eigenvalue weighted by molar-refractivity contribution is 0.590. The fourth-order valence-electron chi connectivity index (χ4n) is 7.73. The summed E-state index contributed by atoms with van der Waals surface area (Å²) in [4.78, 5) is 10.1. The molecule has 0 amide bonds. The third-order valence-corrected chi connectivity index (χ3v) is 11.0. The minimum Gasteiger partial charge on any atom is -0.309 e. The number of hydrogen-bond donors (Lipinski definition) is 0. The second-order valence-corrected chi connectivity index (χ2v) is 17.3. The highest BCUT2D eigenvalue weighted by Gasteiger charge is 2.29. The van der Waals surface area contributed by atoms with Crippen molar-refractivity contribution in [2.75, 3.05) is 9.80 Å². The molecule has 3 nitrogen and oxygen atoms in total. The quantitative estimate of drug-likeness (QED) is 0.126. The van der Waals surface area contributed by atoms with Crippen LogP contribution in [0.3, 0.4) is 0 Å². The van der Waals surface area contributed by atoms with Crippen molar-refractivity contribution < 1.29 is 0 Å². The molecule has 0 fully saturated rings. The normalized spacial score (nSPS) is 12.1. The fourth-order valence-corrected chi connectivity index (χ4v) is 7.73. The van der Waals surface area contributed by atoms with Gasteiger partial charge in [0.25, 0.3) is 0 Å². The Balaban J connectivity index is 1.60. The van der Waals surface area contributed by atoms with Gasteiger partial charge >= 0.3 is 0 Å². The summed E-state index contributed by atoms with van der Waals surface area (Å²) in [5.74, 6) is 0.910. The van der Waals surface area contributed by atoms with E-state index in [0.29, 0.717) is 0 Å². The van der Waals surface area contributed by atoms with Crippen LogP contribution in [0.25, 0.3) is 32.3 Å². The third kappa shape index (κ3) is 6.74. The Labute approximate surface area is 326 Å². The van der Waals surface area contributed by atoms with Crippen molar-refractivity contribution in [3.8, 4) is 0 Å².